The Morgan fingerprint density at radius 3 is 2.52 bits per heavy atom. The molecule has 1 amide bonds. The number of pyridine rings is 1. The molecular formula is C20H19N7O4. The Balaban J connectivity index is 1.51. The molecule has 2 N–H and O–H groups in total. The van der Waals surface area contributed by atoms with Crippen LogP contribution in [0, 0.1) is 0 Å². The molecule has 4 aromatic rings. The number of carbonyl (C=O) groups excluding carboxylic acids is 1. The first-order chi connectivity index (χ1) is 14.9. The molecule has 3 aromatic heterocycles. The lowest BCUT2D eigenvalue weighted by Gasteiger charge is -2.08. The van der Waals surface area contributed by atoms with E-state index in [1.165, 1.54) is 30.8 Å². The van der Waals surface area contributed by atoms with E-state index in [-0.39, 0.29) is 23.3 Å². The van der Waals surface area contributed by atoms with Gasteiger partial charge in [0.2, 0.25) is 0 Å². The number of aromatic nitrogens is 6. The molecule has 3 heterocycles. The first kappa shape index (κ1) is 20.0. The number of rotatable bonds is 5. The van der Waals surface area contributed by atoms with Gasteiger partial charge in [-0.1, -0.05) is 0 Å². The van der Waals surface area contributed by atoms with Crippen molar-refractivity contribution in [3.05, 3.63) is 68.8 Å². The topological polar surface area (TPSA) is 137 Å². The summed E-state index contributed by atoms with van der Waals surface area (Å²) in [7, 11) is 4.47. The van der Waals surface area contributed by atoms with Crippen LogP contribution in [-0.4, -0.2) is 42.3 Å². The Morgan fingerprint density at radius 2 is 1.81 bits per heavy atom. The minimum atomic E-state index is -0.518. The standard InChI is InChI=1S/C20H19N7O4/c1-26-17-13(19(29)27(2)20(26)30)8-9-14(22-17)18(28)21-10-15-23-16(25-24-15)11-4-6-12(31-3)7-5-11/h4-9H,10H2,1-3H3,(H,21,28)(H,23,24,25). The van der Waals surface area contributed by atoms with Gasteiger partial charge in [-0.15, -0.1) is 0 Å². The molecule has 0 spiro atoms. The van der Waals surface area contributed by atoms with Crippen molar-refractivity contribution in [2.24, 2.45) is 14.1 Å². The summed E-state index contributed by atoms with van der Waals surface area (Å²) >= 11 is 0. The normalized spacial score (nSPS) is 10.9. The lowest BCUT2D eigenvalue weighted by molar-refractivity contribution is 0.0945. The minimum Gasteiger partial charge on any atom is -0.497 e. The highest BCUT2D eigenvalue weighted by Gasteiger charge is 2.14. The highest BCUT2D eigenvalue weighted by molar-refractivity contribution is 5.94. The monoisotopic (exact) mass is 421 g/mol. The summed E-state index contributed by atoms with van der Waals surface area (Å²) in [5.41, 5.74) is 0.0294. The smallest absolute Gasteiger partial charge is 0.332 e. The lowest BCUT2D eigenvalue weighted by Crippen LogP contribution is -2.37. The van der Waals surface area contributed by atoms with Crippen molar-refractivity contribution >= 4 is 16.9 Å². The maximum Gasteiger partial charge on any atom is 0.332 e. The number of hydrogen-bond acceptors (Lipinski definition) is 7. The number of nitrogens with one attached hydrogen (secondary N) is 2. The molecule has 0 fully saturated rings. The molecule has 11 nitrogen and oxygen atoms in total. The third kappa shape index (κ3) is 3.68. The Morgan fingerprint density at radius 1 is 1.06 bits per heavy atom. The van der Waals surface area contributed by atoms with Gasteiger partial charge in [0.25, 0.3) is 11.5 Å². The number of aryl methyl sites for hydroxylation is 1. The third-order valence-electron chi connectivity index (χ3n) is 4.83. The number of carbonyl (C=O) groups is 1. The number of amides is 1. The molecule has 0 atom stereocenters. The Kier molecular flexibility index (Phi) is 5.07. The maximum atomic E-state index is 12.5. The Bertz CT molecular complexity index is 1400. The molecule has 158 valence electrons. The van der Waals surface area contributed by atoms with E-state index in [1.807, 2.05) is 12.1 Å². The molecule has 0 unspecified atom stereocenters. The van der Waals surface area contributed by atoms with Gasteiger partial charge in [-0.25, -0.2) is 14.8 Å². The average molecular weight is 421 g/mol. The van der Waals surface area contributed by atoms with Gasteiger partial charge < -0.3 is 10.1 Å². The number of nitrogens with zero attached hydrogens (tertiary/aromatic N) is 5. The summed E-state index contributed by atoms with van der Waals surface area (Å²) in [6.07, 6.45) is 0. The number of hydrogen-bond donors (Lipinski definition) is 2. The number of aromatic amines is 1. The van der Waals surface area contributed by atoms with E-state index in [2.05, 4.69) is 25.5 Å². The molecule has 0 bridgehead atoms. The van der Waals surface area contributed by atoms with Crippen LogP contribution in [0.15, 0.2) is 46.0 Å². The fourth-order valence-electron chi connectivity index (χ4n) is 3.08. The first-order valence-electron chi connectivity index (χ1n) is 9.29. The number of fused-ring (bicyclic) bond motifs is 1. The van der Waals surface area contributed by atoms with Crippen LogP contribution in [0.5, 0.6) is 5.75 Å². The highest BCUT2D eigenvalue weighted by atomic mass is 16.5. The van der Waals surface area contributed by atoms with Crippen molar-refractivity contribution in [1.29, 1.82) is 0 Å². The van der Waals surface area contributed by atoms with Crippen LogP contribution in [0.1, 0.15) is 16.3 Å². The summed E-state index contributed by atoms with van der Waals surface area (Å²) < 4.78 is 7.35. The van der Waals surface area contributed by atoms with Crippen LogP contribution < -0.4 is 21.3 Å². The zero-order valence-corrected chi connectivity index (χ0v) is 17.0. The summed E-state index contributed by atoms with van der Waals surface area (Å²) in [4.78, 5) is 45.4. The fraction of sp³-hybridized carbons (Fsp3) is 0.200. The van der Waals surface area contributed by atoms with Gasteiger partial charge in [0, 0.05) is 19.7 Å². The van der Waals surface area contributed by atoms with E-state index in [9.17, 15) is 14.4 Å². The van der Waals surface area contributed by atoms with E-state index < -0.39 is 17.2 Å². The molecule has 0 aliphatic heterocycles. The second kappa shape index (κ2) is 7.86. The van der Waals surface area contributed by atoms with E-state index in [4.69, 9.17) is 4.74 Å². The van der Waals surface area contributed by atoms with Gasteiger partial charge >= 0.3 is 5.69 Å². The molecule has 31 heavy (non-hydrogen) atoms. The molecule has 0 saturated heterocycles. The quantitative estimate of drug-likeness (QED) is 0.475. The SMILES string of the molecule is COc1ccc(-c2n[nH]c(CNC(=O)c3ccc4c(=O)n(C)c(=O)n(C)c4n3)n2)cc1. The van der Waals surface area contributed by atoms with Gasteiger partial charge in [-0.3, -0.25) is 23.8 Å². The molecule has 0 aliphatic rings. The van der Waals surface area contributed by atoms with E-state index in [0.717, 1.165) is 15.9 Å². The largest absolute Gasteiger partial charge is 0.497 e. The van der Waals surface area contributed by atoms with E-state index in [0.29, 0.717) is 11.6 Å². The third-order valence-corrected chi connectivity index (χ3v) is 4.83. The van der Waals surface area contributed by atoms with Crippen molar-refractivity contribution in [2.45, 2.75) is 6.54 Å². The number of benzene rings is 1. The van der Waals surface area contributed by atoms with Crippen LogP contribution in [-0.2, 0) is 20.6 Å². The Hall–Kier alpha value is -4.28. The second-order valence-electron chi connectivity index (χ2n) is 6.79. The van der Waals surface area contributed by atoms with Crippen LogP contribution >= 0.6 is 0 Å². The second-order valence-corrected chi connectivity index (χ2v) is 6.79. The van der Waals surface area contributed by atoms with Crippen molar-refractivity contribution in [1.82, 2.24) is 34.6 Å². The van der Waals surface area contributed by atoms with Gasteiger partial charge in [0.05, 0.1) is 19.0 Å². The first-order valence-corrected chi connectivity index (χ1v) is 9.29. The number of H-pyrrole nitrogens is 1. The van der Waals surface area contributed by atoms with Crippen LogP contribution in [0.2, 0.25) is 0 Å². The molecule has 1 aromatic carbocycles. The summed E-state index contributed by atoms with van der Waals surface area (Å²) in [5.74, 6) is 1.20. The number of ether oxygens (including phenoxy) is 1. The van der Waals surface area contributed by atoms with E-state index in [1.54, 1.807) is 19.2 Å². The Labute approximate surface area is 175 Å². The molecule has 11 heteroatoms. The maximum absolute atomic E-state index is 12.5. The van der Waals surface area contributed by atoms with Gasteiger partial charge in [0.15, 0.2) is 5.82 Å². The lowest BCUT2D eigenvalue weighted by atomic mass is 10.2. The number of methoxy groups -OCH3 is 1. The molecule has 0 saturated carbocycles. The average Bonchev–Trinajstić information content (AvgIpc) is 3.28. The van der Waals surface area contributed by atoms with Crippen molar-refractivity contribution in [2.75, 3.05) is 7.11 Å². The van der Waals surface area contributed by atoms with E-state index >= 15 is 0 Å². The predicted octanol–water partition coefficient (Wildman–Crippen LogP) is 0.356. The molecule has 0 aliphatic carbocycles. The zero-order valence-electron chi connectivity index (χ0n) is 17.0. The minimum absolute atomic E-state index is 0.0747. The van der Waals surface area contributed by atoms with Crippen molar-refractivity contribution < 1.29 is 9.53 Å². The van der Waals surface area contributed by atoms with Crippen LogP contribution in [0.3, 0.4) is 0 Å². The summed E-state index contributed by atoms with van der Waals surface area (Å²) in [6, 6.07) is 10.2. The predicted molar refractivity (Wildman–Crippen MR) is 112 cm³/mol. The highest BCUT2D eigenvalue weighted by Crippen LogP contribution is 2.18. The zero-order chi connectivity index (χ0) is 22.1. The van der Waals surface area contributed by atoms with Crippen molar-refractivity contribution in [3.63, 3.8) is 0 Å². The fourth-order valence-corrected chi connectivity index (χ4v) is 3.08. The van der Waals surface area contributed by atoms with Gasteiger partial charge in [-0.2, -0.15) is 5.10 Å². The van der Waals surface area contributed by atoms with Crippen LogP contribution in [0.25, 0.3) is 22.4 Å². The van der Waals surface area contributed by atoms with Crippen LogP contribution in [0.4, 0.5) is 0 Å². The molecule has 4 rings (SSSR count). The molecule has 0 radical (unpaired) electrons. The van der Waals surface area contributed by atoms with Gasteiger partial charge in [-0.05, 0) is 36.4 Å². The summed E-state index contributed by atoms with van der Waals surface area (Å²) in [5, 5.41) is 9.88. The summed E-state index contributed by atoms with van der Waals surface area (Å²) in [6.45, 7) is 0.0944. The van der Waals surface area contributed by atoms with Gasteiger partial charge in [0.1, 0.15) is 22.9 Å². The van der Waals surface area contributed by atoms with Crippen molar-refractivity contribution in [3.8, 4) is 17.1 Å². The molecular weight excluding hydrogens is 402 g/mol.